The average molecular weight is 491 g/mol. The van der Waals surface area contributed by atoms with Gasteiger partial charge in [-0.2, -0.15) is 67.6 Å². The Hall–Kier alpha value is -2.67. The number of alkyl halides is 12. The topological polar surface area (TPSA) is 62.7 Å². The lowest BCUT2D eigenvalue weighted by atomic mass is 9.90. The van der Waals surface area contributed by atoms with Gasteiger partial charge in [0.25, 0.3) is 0 Å². The van der Waals surface area contributed by atoms with Crippen LogP contribution in [-0.2, 0) is 0 Å². The molecule has 1 heterocycles. The second-order valence-corrected chi connectivity index (χ2v) is 6.49. The molecule has 0 radical (unpaired) electrons. The van der Waals surface area contributed by atoms with Crippen LogP contribution in [0.4, 0.5) is 64.6 Å². The van der Waals surface area contributed by atoms with E-state index in [0.29, 0.717) is 13.8 Å². The summed E-state index contributed by atoms with van der Waals surface area (Å²) in [6, 6.07) is -4.79. The van der Waals surface area contributed by atoms with Crippen LogP contribution in [0, 0.1) is 17.3 Å². The van der Waals surface area contributed by atoms with Crippen LogP contribution in [0.1, 0.15) is 26.6 Å². The van der Waals surface area contributed by atoms with E-state index >= 15 is 0 Å². The number of hydrogen-bond donors (Lipinski definition) is 2. The molecule has 0 saturated carbocycles. The van der Waals surface area contributed by atoms with Crippen LogP contribution >= 0.6 is 0 Å². The highest BCUT2D eigenvalue weighted by Gasteiger charge is 2.67. The van der Waals surface area contributed by atoms with Gasteiger partial charge in [-0.25, -0.2) is 0 Å². The lowest BCUT2D eigenvalue weighted by Gasteiger charge is -2.28. The maximum Gasteiger partial charge on any atom is 0.413 e. The first-order valence-electron chi connectivity index (χ1n) is 8.17. The summed E-state index contributed by atoms with van der Waals surface area (Å²) in [6.45, 7) is 0.785. The van der Waals surface area contributed by atoms with Crippen LogP contribution in [-0.4, -0.2) is 51.7 Å². The summed E-state index contributed by atoms with van der Waals surface area (Å²) in [6.07, 6.45) is -21.7. The molecule has 2 atom stereocenters. The molecule has 0 fully saturated rings. The number of hydrogen-bond acceptors (Lipinski definition) is 5. The molecule has 5 nitrogen and oxygen atoms in total. The van der Waals surface area contributed by atoms with E-state index in [4.69, 9.17) is 0 Å². The van der Waals surface area contributed by atoms with Crippen LogP contribution in [0.2, 0.25) is 0 Å². The van der Waals surface area contributed by atoms with Gasteiger partial charge in [0, 0.05) is 0 Å². The Kier molecular flexibility index (Phi) is 7.44. The quantitative estimate of drug-likeness (QED) is 0.455. The number of anilines is 2. The molecule has 0 amide bonds. The van der Waals surface area contributed by atoms with E-state index in [9.17, 15) is 52.7 Å². The zero-order chi connectivity index (χ0) is 25.3. The van der Waals surface area contributed by atoms with E-state index in [1.54, 1.807) is 10.6 Å². The zero-order valence-corrected chi connectivity index (χ0v) is 16.0. The molecule has 17 heteroatoms. The summed E-state index contributed by atoms with van der Waals surface area (Å²) < 4.78 is 154. The summed E-state index contributed by atoms with van der Waals surface area (Å²) in [7, 11) is 0. The normalized spacial score (nSPS) is 15.5. The number of nitrogens with zero attached hydrogens (tertiary/aromatic N) is 3. The first kappa shape index (κ1) is 27.4. The predicted molar refractivity (Wildman–Crippen MR) is 85.2 cm³/mol. The van der Waals surface area contributed by atoms with E-state index in [1.807, 2.05) is 0 Å². The van der Waals surface area contributed by atoms with Gasteiger partial charge in [0.2, 0.25) is 23.1 Å². The van der Waals surface area contributed by atoms with Gasteiger partial charge in [-0.1, -0.05) is 5.92 Å². The summed E-state index contributed by atoms with van der Waals surface area (Å²) in [5, 5.41) is 3.22. The van der Waals surface area contributed by atoms with Gasteiger partial charge in [0.1, 0.15) is 12.1 Å². The van der Waals surface area contributed by atoms with Crippen molar-refractivity contribution in [1.29, 1.82) is 0 Å². The summed E-state index contributed by atoms with van der Waals surface area (Å²) >= 11 is 0. The monoisotopic (exact) mass is 491 g/mol. The van der Waals surface area contributed by atoms with E-state index in [-0.39, 0.29) is 6.92 Å². The minimum Gasteiger partial charge on any atom is -0.343 e. The molecule has 0 aromatic carbocycles. The molecule has 0 spiro atoms. The van der Waals surface area contributed by atoms with Crippen LogP contribution in [0.25, 0.3) is 0 Å². The number of aromatic nitrogens is 3. The van der Waals surface area contributed by atoms with Gasteiger partial charge in [-0.15, -0.1) is 0 Å². The number of halogens is 12. The van der Waals surface area contributed by atoms with Gasteiger partial charge in [0.05, 0.1) is 0 Å². The summed E-state index contributed by atoms with van der Waals surface area (Å²) in [5.41, 5.74) is -4.59. The Balaban J connectivity index is 3.53. The van der Waals surface area contributed by atoms with Crippen molar-refractivity contribution in [1.82, 2.24) is 15.0 Å². The first-order valence-corrected chi connectivity index (χ1v) is 8.17. The molecule has 0 aliphatic rings. The fourth-order valence-corrected chi connectivity index (χ4v) is 1.60. The fourth-order valence-electron chi connectivity index (χ4n) is 1.60. The minimum atomic E-state index is -5.93. The first-order chi connectivity index (χ1) is 14.1. The van der Waals surface area contributed by atoms with Crippen molar-refractivity contribution in [2.24, 2.45) is 5.41 Å². The molecule has 0 unspecified atom stereocenters. The van der Waals surface area contributed by atoms with Crippen molar-refractivity contribution >= 4 is 11.9 Å². The van der Waals surface area contributed by atoms with E-state index in [1.165, 1.54) is 5.92 Å². The van der Waals surface area contributed by atoms with Crippen LogP contribution in [0.15, 0.2) is 0 Å². The van der Waals surface area contributed by atoms with Crippen molar-refractivity contribution in [3.63, 3.8) is 0 Å². The fraction of sp³-hybridized carbons (Fsp3) is 0.667. The molecule has 1 aromatic heterocycles. The Morgan fingerprint density at radius 2 is 1.00 bits per heavy atom. The second-order valence-electron chi connectivity index (χ2n) is 6.49. The molecule has 0 bridgehead atoms. The van der Waals surface area contributed by atoms with Crippen molar-refractivity contribution in [3.8, 4) is 11.8 Å². The number of rotatable bonds is 4. The Morgan fingerprint density at radius 1 is 0.656 bits per heavy atom. The van der Waals surface area contributed by atoms with Crippen molar-refractivity contribution in [2.75, 3.05) is 10.6 Å². The van der Waals surface area contributed by atoms with Crippen molar-refractivity contribution in [3.05, 3.63) is 5.82 Å². The SMILES string of the molecule is C[C@@H](Nc1nc(C#CC(C)(C(F)(F)F)C(F)(F)F)nc(N[C@H](C)C(F)(F)F)n1)C(F)(F)F. The standard InChI is InChI=1S/C15H13F12N5/c1-6(12(16,17)18)28-9-30-8(31-10(32-9)29-7(2)13(19,20)21)4-5-11(3,14(22,23)24)15(25,26)27/h6-7H,1-3H3,(H2,28,29,30,31,32)/t6-,7-/m1/s1. The van der Waals surface area contributed by atoms with Gasteiger partial charge < -0.3 is 10.6 Å². The molecule has 0 aliphatic carbocycles. The highest BCUT2D eigenvalue weighted by molar-refractivity contribution is 5.40. The second kappa shape index (κ2) is 8.70. The van der Waals surface area contributed by atoms with Crippen molar-refractivity contribution in [2.45, 2.75) is 57.6 Å². The van der Waals surface area contributed by atoms with Gasteiger partial charge in [-0.3, -0.25) is 0 Å². The Bertz CT molecular complexity index is 805. The maximum absolute atomic E-state index is 12.9. The maximum atomic E-state index is 12.9. The Morgan fingerprint density at radius 3 is 1.28 bits per heavy atom. The molecule has 182 valence electrons. The summed E-state index contributed by atoms with van der Waals surface area (Å²) in [5.74, 6) is -1.25. The lowest BCUT2D eigenvalue weighted by Crippen LogP contribution is -2.46. The minimum absolute atomic E-state index is 0.309. The van der Waals surface area contributed by atoms with E-state index in [0.717, 1.165) is 5.92 Å². The summed E-state index contributed by atoms with van der Waals surface area (Å²) in [4.78, 5) is 9.55. The molecular formula is C15H13F12N5. The largest absolute Gasteiger partial charge is 0.413 e. The third-order valence-corrected chi connectivity index (χ3v) is 3.87. The molecule has 32 heavy (non-hydrogen) atoms. The average Bonchev–Trinajstić information content (AvgIpc) is 2.55. The van der Waals surface area contributed by atoms with Gasteiger partial charge in [0.15, 0.2) is 0 Å². The Labute approximate surface area is 172 Å². The molecule has 1 rings (SSSR count). The molecule has 2 N–H and O–H groups in total. The smallest absolute Gasteiger partial charge is 0.343 e. The third kappa shape index (κ3) is 6.66. The lowest BCUT2D eigenvalue weighted by molar-refractivity contribution is -0.310. The van der Waals surface area contributed by atoms with E-state index < -0.39 is 59.9 Å². The highest BCUT2D eigenvalue weighted by Crippen LogP contribution is 2.49. The van der Waals surface area contributed by atoms with Crippen LogP contribution in [0.5, 0.6) is 0 Å². The molecular weight excluding hydrogens is 478 g/mol. The predicted octanol–water partition coefficient (Wildman–Crippen LogP) is 5.08. The molecule has 0 aliphatic heterocycles. The zero-order valence-electron chi connectivity index (χ0n) is 16.0. The van der Waals surface area contributed by atoms with Crippen LogP contribution in [0.3, 0.4) is 0 Å². The van der Waals surface area contributed by atoms with Crippen molar-refractivity contribution < 1.29 is 52.7 Å². The molecule has 1 aromatic rings. The van der Waals surface area contributed by atoms with Gasteiger partial charge >= 0.3 is 24.7 Å². The third-order valence-electron chi connectivity index (χ3n) is 3.87. The van der Waals surface area contributed by atoms with Gasteiger partial charge in [-0.05, 0) is 26.7 Å². The molecule has 0 saturated heterocycles. The highest BCUT2D eigenvalue weighted by atomic mass is 19.4. The van der Waals surface area contributed by atoms with E-state index in [2.05, 4.69) is 15.0 Å². The number of nitrogens with one attached hydrogen (secondary N) is 2. The van der Waals surface area contributed by atoms with Crippen LogP contribution < -0.4 is 10.6 Å².